The van der Waals surface area contributed by atoms with Crippen molar-refractivity contribution in [2.24, 2.45) is 5.92 Å². The molecular formula is C19H23FN2O. The van der Waals surface area contributed by atoms with Gasteiger partial charge in [-0.25, -0.2) is 4.39 Å². The summed E-state index contributed by atoms with van der Waals surface area (Å²) >= 11 is 0. The van der Waals surface area contributed by atoms with Gasteiger partial charge in [0.05, 0.1) is 6.54 Å². The van der Waals surface area contributed by atoms with E-state index in [9.17, 15) is 9.18 Å². The summed E-state index contributed by atoms with van der Waals surface area (Å²) in [6.45, 7) is 4.14. The molecule has 0 atom stereocenters. The second kappa shape index (κ2) is 6.99. The molecule has 0 bridgehead atoms. The monoisotopic (exact) mass is 314 g/mol. The van der Waals surface area contributed by atoms with E-state index < -0.39 is 0 Å². The van der Waals surface area contributed by atoms with Gasteiger partial charge < -0.3 is 9.47 Å². The first-order chi connectivity index (χ1) is 11.2. The van der Waals surface area contributed by atoms with Crippen LogP contribution in [0.5, 0.6) is 0 Å². The molecule has 0 unspecified atom stereocenters. The maximum atomic E-state index is 13.3. The van der Waals surface area contributed by atoms with Gasteiger partial charge in [-0.05, 0) is 49.1 Å². The topological polar surface area (TPSA) is 25.2 Å². The number of amides is 1. The van der Waals surface area contributed by atoms with Gasteiger partial charge in [0, 0.05) is 30.9 Å². The Labute approximate surface area is 136 Å². The Morgan fingerprint density at radius 3 is 2.83 bits per heavy atom. The first-order valence-corrected chi connectivity index (χ1v) is 8.34. The average Bonchev–Trinajstić information content (AvgIpc) is 3.29. The molecule has 1 aliphatic rings. The van der Waals surface area contributed by atoms with E-state index in [4.69, 9.17) is 0 Å². The highest BCUT2D eigenvalue weighted by molar-refractivity contribution is 5.81. The summed E-state index contributed by atoms with van der Waals surface area (Å²) < 4.78 is 15.4. The Kier molecular flexibility index (Phi) is 4.79. The smallest absolute Gasteiger partial charge is 0.226 e. The summed E-state index contributed by atoms with van der Waals surface area (Å²) in [4.78, 5) is 14.4. The lowest BCUT2D eigenvalue weighted by Crippen LogP contribution is -2.33. The predicted octanol–water partition coefficient (Wildman–Crippen LogP) is 3.82. The van der Waals surface area contributed by atoms with Crippen LogP contribution in [-0.2, 0) is 17.9 Å². The molecule has 122 valence electrons. The molecule has 1 aromatic carbocycles. The zero-order valence-electron chi connectivity index (χ0n) is 13.5. The molecule has 3 rings (SSSR count). The van der Waals surface area contributed by atoms with Gasteiger partial charge in [0.15, 0.2) is 0 Å². The first kappa shape index (κ1) is 15.8. The van der Waals surface area contributed by atoms with Gasteiger partial charge in [-0.1, -0.05) is 19.1 Å². The van der Waals surface area contributed by atoms with Crippen LogP contribution < -0.4 is 0 Å². The van der Waals surface area contributed by atoms with Crippen LogP contribution in [0.25, 0.3) is 0 Å². The van der Waals surface area contributed by atoms with Crippen LogP contribution in [0.4, 0.5) is 4.39 Å². The Hall–Kier alpha value is -2.10. The normalized spacial score (nSPS) is 14.0. The Morgan fingerprint density at radius 2 is 2.13 bits per heavy atom. The zero-order chi connectivity index (χ0) is 16.2. The van der Waals surface area contributed by atoms with E-state index in [-0.39, 0.29) is 17.6 Å². The van der Waals surface area contributed by atoms with E-state index in [1.165, 1.54) is 6.07 Å². The van der Waals surface area contributed by atoms with E-state index in [2.05, 4.69) is 11.5 Å². The Morgan fingerprint density at radius 1 is 1.30 bits per heavy atom. The van der Waals surface area contributed by atoms with Gasteiger partial charge in [0.2, 0.25) is 5.91 Å². The van der Waals surface area contributed by atoms with Gasteiger partial charge in [-0.3, -0.25) is 4.79 Å². The molecule has 4 heteroatoms. The molecule has 0 aliphatic heterocycles. The van der Waals surface area contributed by atoms with E-state index >= 15 is 0 Å². The zero-order valence-corrected chi connectivity index (χ0v) is 13.5. The number of rotatable bonds is 7. The SMILES string of the molecule is CCCN(Cc1cccn1Cc1cccc(F)c1)C(=O)C1CC1. The molecule has 3 nitrogen and oxygen atoms in total. The number of nitrogens with zero attached hydrogens (tertiary/aromatic N) is 2. The molecule has 0 radical (unpaired) electrons. The van der Waals surface area contributed by atoms with Crippen molar-refractivity contribution in [3.8, 4) is 0 Å². The maximum Gasteiger partial charge on any atom is 0.226 e. The lowest BCUT2D eigenvalue weighted by molar-refractivity contribution is -0.133. The van der Waals surface area contributed by atoms with Crippen LogP contribution in [0.2, 0.25) is 0 Å². The van der Waals surface area contributed by atoms with Gasteiger partial charge in [-0.15, -0.1) is 0 Å². The Balaban J connectivity index is 1.72. The molecule has 1 heterocycles. The highest BCUT2D eigenvalue weighted by atomic mass is 19.1. The minimum atomic E-state index is -0.215. The van der Waals surface area contributed by atoms with Crippen molar-refractivity contribution in [3.63, 3.8) is 0 Å². The highest BCUT2D eigenvalue weighted by Crippen LogP contribution is 2.31. The summed E-state index contributed by atoms with van der Waals surface area (Å²) in [5, 5.41) is 0. The third kappa shape index (κ3) is 4.01. The van der Waals surface area contributed by atoms with Crippen LogP contribution in [0.15, 0.2) is 42.6 Å². The molecule has 0 saturated heterocycles. The standard InChI is InChI=1S/C19H23FN2O/c1-2-10-22(19(23)16-8-9-16)14-18-7-4-11-21(18)13-15-5-3-6-17(20)12-15/h3-7,11-12,16H,2,8-10,13-14H2,1H3. The molecule has 1 fully saturated rings. The van der Waals surface area contributed by atoms with Crippen LogP contribution in [0.1, 0.15) is 37.4 Å². The third-order valence-electron chi connectivity index (χ3n) is 4.25. The lowest BCUT2D eigenvalue weighted by atomic mass is 10.2. The highest BCUT2D eigenvalue weighted by Gasteiger charge is 2.33. The predicted molar refractivity (Wildman–Crippen MR) is 88.4 cm³/mol. The van der Waals surface area contributed by atoms with Crippen molar-refractivity contribution < 1.29 is 9.18 Å². The van der Waals surface area contributed by atoms with Gasteiger partial charge in [0.25, 0.3) is 0 Å². The van der Waals surface area contributed by atoms with Crippen molar-refractivity contribution in [1.29, 1.82) is 0 Å². The summed E-state index contributed by atoms with van der Waals surface area (Å²) in [5.74, 6) is 0.311. The average molecular weight is 314 g/mol. The summed E-state index contributed by atoms with van der Waals surface area (Å²) in [5.41, 5.74) is 2.02. The maximum absolute atomic E-state index is 13.3. The quantitative estimate of drug-likeness (QED) is 0.762. The van der Waals surface area contributed by atoms with Crippen LogP contribution >= 0.6 is 0 Å². The van der Waals surface area contributed by atoms with E-state index in [0.29, 0.717) is 13.1 Å². The fourth-order valence-corrected chi connectivity index (χ4v) is 2.90. The second-order valence-corrected chi connectivity index (χ2v) is 6.29. The molecule has 2 aromatic rings. The molecule has 1 aliphatic carbocycles. The molecular weight excluding hydrogens is 291 g/mol. The minimum absolute atomic E-state index is 0.215. The number of halogens is 1. The fourth-order valence-electron chi connectivity index (χ4n) is 2.90. The molecule has 1 amide bonds. The number of aromatic nitrogens is 1. The molecule has 0 N–H and O–H groups in total. The van der Waals surface area contributed by atoms with Crippen LogP contribution in [0.3, 0.4) is 0 Å². The number of carbonyl (C=O) groups excluding carboxylic acids is 1. The van der Waals surface area contributed by atoms with Gasteiger partial charge in [0.1, 0.15) is 5.82 Å². The number of hydrogen-bond donors (Lipinski definition) is 0. The van der Waals surface area contributed by atoms with Crippen LogP contribution in [0, 0.1) is 11.7 Å². The molecule has 0 spiro atoms. The summed E-state index contributed by atoms with van der Waals surface area (Å²) in [6, 6.07) is 10.7. The largest absolute Gasteiger partial charge is 0.345 e. The lowest BCUT2D eigenvalue weighted by Gasteiger charge is -2.23. The summed E-state index contributed by atoms with van der Waals surface area (Å²) in [6.07, 6.45) is 5.02. The molecule has 1 aromatic heterocycles. The first-order valence-electron chi connectivity index (χ1n) is 8.34. The minimum Gasteiger partial charge on any atom is -0.345 e. The fraction of sp³-hybridized carbons (Fsp3) is 0.421. The molecule has 1 saturated carbocycles. The third-order valence-corrected chi connectivity index (χ3v) is 4.25. The number of benzene rings is 1. The van der Waals surface area contributed by atoms with Crippen LogP contribution in [-0.4, -0.2) is 21.9 Å². The molecule has 23 heavy (non-hydrogen) atoms. The van der Waals surface area contributed by atoms with Gasteiger partial charge in [-0.2, -0.15) is 0 Å². The van der Waals surface area contributed by atoms with Crippen molar-refractivity contribution in [3.05, 3.63) is 59.7 Å². The van der Waals surface area contributed by atoms with Crippen molar-refractivity contribution in [1.82, 2.24) is 9.47 Å². The van der Waals surface area contributed by atoms with E-state index in [0.717, 1.165) is 37.1 Å². The second-order valence-electron chi connectivity index (χ2n) is 6.29. The van der Waals surface area contributed by atoms with Crippen molar-refractivity contribution in [2.75, 3.05) is 6.54 Å². The van der Waals surface area contributed by atoms with E-state index in [1.807, 2.05) is 29.3 Å². The van der Waals surface area contributed by atoms with Gasteiger partial charge >= 0.3 is 0 Å². The van der Waals surface area contributed by atoms with E-state index in [1.54, 1.807) is 12.1 Å². The number of hydrogen-bond acceptors (Lipinski definition) is 1. The van der Waals surface area contributed by atoms with Crippen molar-refractivity contribution in [2.45, 2.75) is 39.3 Å². The number of carbonyl (C=O) groups is 1. The Bertz CT molecular complexity index is 676. The summed E-state index contributed by atoms with van der Waals surface area (Å²) in [7, 11) is 0. The van der Waals surface area contributed by atoms with Crippen molar-refractivity contribution >= 4 is 5.91 Å².